The van der Waals surface area contributed by atoms with Crippen LogP contribution in [0.3, 0.4) is 0 Å². The fourth-order valence-corrected chi connectivity index (χ4v) is 3.02. The van der Waals surface area contributed by atoms with E-state index < -0.39 is 0 Å². The van der Waals surface area contributed by atoms with Gasteiger partial charge in [0, 0.05) is 23.5 Å². The Morgan fingerprint density at radius 1 is 1.50 bits per heavy atom. The molecule has 0 bridgehead atoms. The molecule has 0 spiro atoms. The summed E-state index contributed by atoms with van der Waals surface area (Å²) >= 11 is 3.48. The number of carbonyl (C=O) groups excluding carboxylic acids is 1. The zero-order chi connectivity index (χ0) is 13.1. The minimum Gasteiger partial charge on any atom is -0.334 e. The highest BCUT2D eigenvalue weighted by Crippen LogP contribution is 2.32. The molecule has 0 aliphatic carbocycles. The number of nitrogens with two attached hydrogens (primary N) is 1. The Morgan fingerprint density at radius 2 is 2.28 bits per heavy atom. The van der Waals surface area contributed by atoms with E-state index in [9.17, 15) is 4.79 Å². The van der Waals surface area contributed by atoms with Crippen LogP contribution in [0.15, 0.2) is 28.7 Å². The molecule has 2 N–H and O–H groups in total. The van der Waals surface area contributed by atoms with Crippen molar-refractivity contribution in [3.63, 3.8) is 0 Å². The van der Waals surface area contributed by atoms with Gasteiger partial charge in [-0.2, -0.15) is 0 Å². The van der Waals surface area contributed by atoms with Crippen molar-refractivity contribution in [3.05, 3.63) is 34.3 Å². The quantitative estimate of drug-likeness (QED) is 0.933. The third kappa shape index (κ3) is 2.75. The Balaban J connectivity index is 2.33. The average molecular weight is 311 g/mol. The molecule has 2 rings (SSSR count). The molecule has 3 nitrogen and oxygen atoms in total. The van der Waals surface area contributed by atoms with E-state index in [-0.39, 0.29) is 18.0 Å². The maximum absolute atomic E-state index is 12.1. The smallest absolute Gasteiger partial charge is 0.223 e. The minimum atomic E-state index is 0.0173. The Hall–Kier alpha value is -0.870. The van der Waals surface area contributed by atoms with Crippen LogP contribution in [0.2, 0.25) is 0 Å². The average Bonchev–Trinajstić information content (AvgIpc) is 2.34. The highest BCUT2D eigenvalue weighted by Gasteiger charge is 2.34. The lowest BCUT2D eigenvalue weighted by Gasteiger charge is -2.40. The zero-order valence-electron chi connectivity index (χ0n) is 10.6. The summed E-state index contributed by atoms with van der Waals surface area (Å²) in [7, 11) is 0. The van der Waals surface area contributed by atoms with Crippen LogP contribution in [0.1, 0.15) is 37.8 Å². The predicted molar refractivity (Wildman–Crippen MR) is 76.1 cm³/mol. The molecule has 0 radical (unpaired) electrons. The number of carbonyl (C=O) groups is 1. The van der Waals surface area contributed by atoms with E-state index in [1.807, 2.05) is 17.0 Å². The number of likely N-dealkylation sites (tertiary alicyclic amines) is 1. The van der Waals surface area contributed by atoms with Crippen molar-refractivity contribution in [2.24, 2.45) is 5.73 Å². The summed E-state index contributed by atoms with van der Waals surface area (Å²) in [6.45, 7) is 2.87. The van der Waals surface area contributed by atoms with Gasteiger partial charge in [-0.3, -0.25) is 4.79 Å². The molecular formula is C14H19BrN2O. The zero-order valence-corrected chi connectivity index (χ0v) is 12.2. The van der Waals surface area contributed by atoms with Crippen molar-refractivity contribution in [1.29, 1.82) is 0 Å². The number of amides is 1. The fourth-order valence-electron chi connectivity index (χ4n) is 2.60. The minimum absolute atomic E-state index is 0.0173. The Morgan fingerprint density at radius 3 is 2.94 bits per heavy atom. The number of nitrogens with zero attached hydrogens (tertiary/aromatic N) is 1. The molecule has 1 aromatic rings. The molecule has 1 fully saturated rings. The Bertz CT molecular complexity index is 436. The van der Waals surface area contributed by atoms with E-state index in [2.05, 4.69) is 35.0 Å². The van der Waals surface area contributed by atoms with Crippen LogP contribution in [-0.2, 0) is 4.79 Å². The molecule has 1 aliphatic heterocycles. The molecule has 1 heterocycles. The summed E-state index contributed by atoms with van der Waals surface area (Å²) in [6.07, 6.45) is 2.31. The fraction of sp³-hybridized carbons (Fsp3) is 0.500. The van der Waals surface area contributed by atoms with Gasteiger partial charge >= 0.3 is 0 Å². The third-order valence-electron chi connectivity index (χ3n) is 3.41. The maximum Gasteiger partial charge on any atom is 0.223 e. The predicted octanol–water partition coefficient (Wildman–Crippen LogP) is 2.85. The largest absolute Gasteiger partial charge is 0.334 e. The van der Waals surface area contributed by atoms with E-state index in [0.717, 1.165) is 29.4 Å². The molecule has 1 aromatic carbocycles. The van der Waals surface area contributed by atoms with E-state index in [0.29, 0.717) is 6.42 Å². The second-order valence-electron chi connectivity index (χ2n) is 4.79. The summed E-state index contributed by atoms with van der Waals surface area (Å²) in [5.41, 5.74) is 7.36. The number of rotatable bonds is 3. The monoisotopic (exact) mass is 310 g/mol. The molecule has 4 heteroatoms. The van der Waals surface area contributed by atoms with Crippen molar-refractivity contribution in [2.75, 3.05) is 6.54 Å². The van der Waals surface area contributed by atoms with Gasteiger partial charge in [-0.25, -0.2) is 0 Å². The molecular weight excluding hydrogens is 292 g/mol. The van der Waals surface area contributed by atoms with Crippen molar-refractivity contribution >= 4 is 21.8 Å². The highest BCUT2D eigenvalue weighted by molar-refractivity contribution is 9.10. The summed E-state index contributed by atoms with van der Waals surface area (Å²) in [5, 5.41) is 0. The summed E-state index contributed by atoms with van der Waals surface area (Å²) in [6, 6.07) is 8.15. The molecule has 1 saturated heterocycles. The number of halogens is 1. The van der Waals surface area contributed by atoms with Gasteiger partial charge in [-0.15, -0.1) is 0 Å². The number of hydrogen-bond donors (Lipinski definition) is 1. The number of benzene rings is 1. The molecule has 0 saturated carbocycles. The SMILES string of the molecule is CCCN1C(=O)CCC(N)C1c1cccc(Br)c1. The molecule has 1 amide bonds. The van der Waals surface area contributed by atoms with Crippen molar-refractivity contribution in [1.82, 2.24) is 4.90 Å². The summed E-state index contributed by atoms with van der Waals surface area (Å²) < 4.78 is 1.03. The van der Waals surface area contributed by atoms with Gasteiger partial charge < -0.3 is 10.6 Å². The van der Waals surface area contributed by atoms with Crippen LogP contribution in [-0.4, -0.2) is 23.4 Å². The summed E-state index contributed by atoms with van der Waals surface area (Å²) in [4.78, 5) is 14.0. The highest BCUT2D eigenvalue weighted by atomic mass is 79.9. The maximum atomic E-state index is 12.1. The van der Waals surface area contributed by atoms with Gasteiger partial charge in [-0.05, 0) is 30.5 Å². The Labute approximate surface area is 116 Å². The second-order valence-corrected chi connectivity index (χ2v) is 5.71. The molecule has 18 heavy (non-hydrogen) atoms. The van der Waals surface area contributed by atoms with E-state index in [1.54, 1.807) is 0 Å². The van der Waals surface area contributed by atoms with Crippen LogP contribution in [0.5, 0.6) is 0 Å². The topological polar surface area (TPSA) is 46.3 Å². The van der Waals surface area contributed by atoms with Gasteiger partial charge in [0.25, 0.3) is 0 Å². The van der Waals surface area contributed by atoms with E-state index in [1.165, 1.54) is 0 Å². The first-order chi connectivity index (χ1) is 8.63. The lowest BCUT2D eigenvalue weighted by atomic mass is 9.90. The first kappa shape index (κ1) is 13.6. The standard InChI is InChI=1S/C14H19BrN2O/c1-2-8-17-13(18)7-6-12(16)14(17)10-4-3-5-11(15)9-10/h3-5,9,12,14H,2,6-8,16H2,1H3. The van der Waals surface area contributed by atoms with Gasteiger partial charge in [0.05, 0.1) is 6.04 Å². The van der Waals surface area contributed by atoms with Crippen molar-refractivity contribution < 1.29 is 4.79 Å². The molecule has 1 aliphatic rings. The first-order valence-corrected chi connectivity index (χ1v) is 7.23. The van der Waals surface area contributed by atoms with Gasteiger partial charge in [0.1, 0.15) is 0 Å². The van der Waals surface area contributed by atoms with E-state index >= 15 is 0 Å². The van der Waals surface area contributed by atoms with E-state index in [4.69, 9.17) is 5.73 Å². The normalized spacial score (nSPS) is 24.4. The molecule has 2 unspecified atom stereocenters. The van der Waals surface area contributed by atoms with Crippen LogP contribution >= 0.6 is 15.9 Å². The van der Waals surface area contributed by atoms with Gasteiger partial charge in [0.2, 0.25) is 5.91 Å². The lowest BCUT2D eigenvalue weighted by Crippen LogP contribution is -2.49. The van der Waals surface area contributed by atoms with Crippen molar-refractivity contribution in [3.8, 4) is 0 Å². The van der Waals surface area contributed by atoms with Crippen molar-refractivity contribution in [2.45, 2.75) is 38.3 Å². The van der Waals surface area contributed by atoms with Crippen LogP contribution in [0.25, 0.3) is 0 Å². The lowest BCUT2D eigenvalue weighted by molar-refractivity contribution is -0.137. The molecule has 0 aromatic heterocycles. The van der Waals surface area contributed by atoms with Gasteiger partial charge in [-0.1, -0.05) is 35.0 Å². The summed E-state index contributed by atoms with van der Waals surface area (Å²) in [5.74, 6) is 0.225. The first-order valence-electron chi connectivity index (χ1n) is 6.44. The van der Waals surface area contributed by atoms with Crippen LogP contribution < -0.4 is 5.73 Å². The molecule has 98 valence electrons. The second kappa shape index (κ2) is 5.85. The third-order valence-corrected chi connectivity index (χ3v) is 3.90. The van der Waals surface area contributed by atoms with Crippen LogP contribution in [0, 0.1) is 0 Å². The van der Waals surface area contributed by atoms with Gasteiger partial charge in [0.15, 0.2) is 0 Å². The number of piperidine rings is 1. The van der Waals surface area contributed by atoms with Crippen LogP contribution in [0.4, 0.5) is 0 Å². The molecule has 2 atom stereocenters. The number of hydrogen-bond acceptors (Lipinski definition) is 2. The Kier molecular flexibility index (Phi) is 4.40.